The van der Waals surface area contributed by atoms with Crippen LogP contribution in [0.1, 0.15) is 19.3 Å². The van der Waals surface area contributed by atoms with E-state index in [-0.39, 0.29) is 5.92 Å². The molecule has 0 aromatic carbocycles. The SMILES string of the molecule is CN(C)c1ccnc(N2CCC(C(=O)N3CCCC3)C2)n1. The van der Waals surface area contributed by atoms with E-state index in [1.807, 2.05) is 30.0 Å². The molecule has 0 spiro atoms. The number of rotatable bonds is 3. The molecule has 3 heterocycles. The highest BCUT2D eigenvalue weighted by Crippen LogP contribution is 2.24. The lowest BCUT2D eigenvalue weighted by Crippen LogP contribution is -2.35. The van der Waals surface area contributed by atoms with Crippen LogP contribution in [0.4, 0.5) is 11.8 Å². The van der Waals surface area contributed by atoms with Crippen molar-refractivity contribution in [2.45, 2.75) is 19.3 Å². The van der Waals surface area contributed by atoms with Crippen molar-refractivity contribution in [3.8, 4) is 0 Å². The number of amides is 1. The van der Waals surface area contributed by atoms with E-state index in [2.05, 4.69) is 14.9 Å². The molecule has 2 aliphatic rings. The second-order valence-electron chi connectivity index (χ2n) is 6.07. The second kappa shape index (κ2) is 5.87. The maximum Gasteiger partial charge on any atom is 0.227 e. The van der Waals surface area contributed by atoms with Gasteiger partial charge >= 0.3 is 0 Å². The quantitative estimate of drug-likeness (QED) is 0.830. The van der Waals surface area contributed by atoms with Crippen molar-refractivity contribution in [3.05, 3.63) is 12.3 Å². The van der Waals surface area contributed by atoms with Gasteiger partial charge in [-0.25, -0.2) is 4.98 Å². The molecule has 6 heteroatoms. The first kappa shape index (κ1) is 14.1. The Morgan fingerprint density at radius 2 is 2.05 bits per heavy atom. The topological polar surface area (TPSA) is 52.6 Å². The summed E-state index contributed by atoms with van der Waals surface area (Å²) >= 11 is 0. The highest BCUT2D eigenvalue weighted by molar-refractivity contribution is 5.80. The van der Waals surface area contributed by atoms with Crippen LogP contribution in [0.5, 0.6) is 0 Å². The summed E-state index contributed by atoms with van der Waals surface area (Å²) < 4.78 is 0. The number of hydrogen-bond acceptors (Lipinski definition) is 5. The number of hydrogen-bond donors (Lipinski definition) is 0. The van der Waals surface area contributed by atoms with Crippen LogP contribution >= 0.6 is 0 Å². The molecule has 2 aliphatic heterocycles. The summed E-state index contributed by atoms with van der Waals surface area (Å²) in [4.78, 5) is 27.5. The molecule has 1 unspecified atom stereocenters. The third-order valence-electron chi connectivity index (χ3n) is 4.32. The molecule has 2 fully saturated rings. The largest absolute Gasteiger partial charge is 0.363 e. The molecule has 0 saturated carbocycles. The summed E-state index contributed by atoms with van der Waals surface area (Å²) in [6.45, 7) is 3.47. The number of nitrogens with zero attached hydrogens (tertiary/aromatic N) is 5. The molecule has 6 nitrogen and oxygen atoms in total. The summed E-state index contributed by atoms with van der Waals surface area (Å²) in [6, 6.07) is 1.90. The number of carbonyl (C=O) groups excluding carboxylic acids is 1. The van der Waals surface area contributed by atoms with Crippen molar-refractivity contribution >= 4 is 17.7 Å². The number of likely N-dealkylation sites (tertiary alicyclic amines) is 1. The minimum Gasteiger partial charge on any atom is -0.363 e. The van der Waals surface area contributed by atoms with Crippen molar-refractivity contribution in [2.24, 2.45) is 5.92 Å². The zero-order valence-corrected chi connectivity index (χ0v) is 12.8. The monoisotopic (exact) mass is 289 g/mol. The van der Waals surface area contributed by atoms with Crippen LogP contribution in [0, 0.1) is 5.92 Å². The van der Waals surface area contributed by atoms with Crippen LogP contribution in [0.2, 0.25) is 0 Å². The minimum absolute atomic E-state index is 0.106. The van der Waals surface area contributed by atoms with Gasteiger partial charge in [-0.2, -0.15) is 4.98 Å². The lowest BCUT2D eigenvalue weighted by atomic mass is 10.1. The first-order chi connectivity index (χ1) is 10.1. The molecule has 3 rings (SSSR count). The molecule has 1 amide bonds. The minimum atomic E-state index is 0.106. The van der Waals surface area contributed by atoms with Crippen LogP contribution in [0.3, 0.4) is 0 Å². The van der Waals surface area contributed by atoms with E-state index in [4.69, 9.17) is 0 Å². The zero-order valence-electron chi connectivity index (χ0n) is 12.8. The molecule has 0 bridgehead atoms. The summed E-state index contributed by atoms with van der Waals surface area (Å²) in [5.74, 6) is 2.06. The lowest BCUT2D eigenvalue weighted by Gasteiger charge is -2.21. The molecule has 0 radical (unpaired) electrons. The smallest absolute Gasteiger partial charge is 0.227 e. The van der Waals surface area contributed by atoms with E-state index in [0.29, 0.717) is 5.91 Å². The fourth-order valence-corrected chi connectivity index (χ4v) is 3.08. The average Bonchev–Trinajstić information content (AvgIpc) is 3.18. The molecular weight excluding hydrogens is 266 g/mol. The predicted molar refractivity (Wildman–Crippen MR) is 82.5 cm³/mol. The second-order valence-corrected chi connectivity index (χ2v) is 6.07. The Balaban J connectivity index is 1.66. The Morgan fingerprint density at radius 1 is 1.29 bits per heavy atom. The van der Waals surface area contributed by atoms with Gasteiger partial charge in [0.25, 0.3) is 0 Å². The lowest BCUT2D eigenvalue weighted by molar-refractivity contribution is -0.133. The standard InChI is InChI=1S/C15H23N5O/c1-18(2)13-5-7-16-15(17-13)20-10-6-12(11-20)14(21)19-8-3-4-9-19/h5,7,12H,3-4,6,8-11H2,1-2H3. The van der Waals surface area contributed by atoms with E-state index >= 15 is 0 Å². The van der Waals surface area contributed by atoms with Crippen molar-refractivity contribution in [1.82, 2.24) is 14.9 Å². The van der Waals surface area contributed by atoms with Crippen LogP contribution in [0.25, 0.3) is 0 Å². The van der Waals surface area contributed by atoms with Gasteiger partial charge in [-0.15, -0.1) is 0 Å². The van der Waals surface area contributed by atoms with E-state index in [1.165, 1.54) is 0 Å². The highest BCUT2D eigenvalue weighted by Gasteiger charge is 2.33. The first-order valence-electron chi connectivity index (χ1n) is 7.69. The number of carbonyl (C=O) groups is 1. The van der Waals surface area contributed by atoms with Crippen molar-refractivity contribution in [1.29, 1.82) is 0 Å². The zero-order chi connectivity index (χ0) is 14.8. The molecule has 21 heavy (non-hydrogen) atoms. The summed E-state index contributed by atoms with van der Waals surface area (Å²) in [7, 11) is 3.94. The van der Waals surface area contributed by atoms with E-state index < -0.39 is 0 Å². The summed E-state index contributed by atoms with van der Waals surface area (Å²) in [5, 5.41) is 0. The third-order valence-corrected chi connectivity index (χ3v) is 4.32. The van der Waals surface area contributed by atoms with Crippen LogP contribution in [-0.2, 0) is 4.79 Å². The Hall–Kier alpha value is -1.85. The molecule has 114 valence electrons. The van der Waals surface area contributed by atoms with Crippen molar-refractivity contribution < 1.29 is 4.79 Å². The Kier molecular flexibility index (Phi) is 3.94. The van der Waals surface area contributed by atoms with Gasteiger partial charge in [0, 0.05) is 46.5 Å². The molecule has 0 N–H and O–H groups in total. The van der Waals surface area contributed by atoms with Gasteiger partial charge in [-0.3, -0.25) is 4.79 Å². The van der Waals surface area contributed by atoms with E-state index in [1.54, 1.807) is 6.20 Å². The molecule has 1 atom stereocenters. The first-order valence-corrected chi connectivity index (χ1v) is 7.69. The van der Waals surface area contributed by atoms with Gasteiger partial charge in [-0.1, -0.05) is 0 Å². The molecule has 1 aromatic rings. The third kappa shape index (κ3) is 2.94. The van der Waals surface area contributed by atoms with Gasteiger partial charge in [-0.05, 0) is 25.3 Å². The normalized spacial score (nSPS) is 21.9. The maximum absolute atomic E-state index is 12.4. The maximum atomic E-state index is 12.4. The van der Waals surface area contributed by atoms with Crippen LogP contribution < -0.4 is 9.80 Å². The van der Waals surface area contributed by atoms with Crippen LogP contribution in [-0.4, -0.2) is 61.0 Å². The number of aromatic nitrogens is 2. The van der Waals surface area contributed by atoms with E-state index in [9.17, 15) is 4.79 Å². The van der Waals surface area contributed by atoms with Gasteiger partial charge < -0.3 is 14.7 Å². The summed E-state index contributed by atoms with van der Waals surface area (Å²) in [5.41, 5.74) is 0. The van der Waals surface area contributed by atoms with Crippen LogP contribution in [0.15, 0.2) is 12.3 Å². The van der Waals surface area contributed by atoms with Crippen molar-refractivity contribution in [2.75, 3.05) is 50.1 Å². The molecule has 2 saturated heterocycles. The molecular formula is C15H23N5O. The Labute approximate surface area is 125 Å². The van der Waals surface area contributed by atoms with Gasteiger partial charge in [0.2, 0.25) is 11.9 Å². The number of anilines is 2. The fraction of sp³-hybridized carbons (Fsp3) is 0.667. The average molecular weight is 289 g/mol. The van der Waals surface area contributed by atoms with Gasteiger partial charge in [0.05, 0.1) is 5.92 Å². The molecule has 1 aromatic heterocycles. The van der Waals surface area contributed by atoms with E-state index in [0.717, 1.165) is 57.2 Å². The van der Waals surface area contributed by atoms with Gasteiger partial charge in [0.15, 0.2) is 0 Å². The fourth-order valence-electron chi connectivity index (χ4n) is 3.08. The Morgan fingerprint density at radius 3 is 2.76 bits per heavy atom. The van der Waals surface area contributed by atoms with Crippen molar-refractivity contribution in [3.63, 3.8) is 0 Å². The summed E-state index contributed by atoms with van der Waals surface area (Å²) in [6.07, 6.45) is 4.99. The molecule has 0 aliphatic carbocycles. The highest BCUT2D eigenvalue weighted by atomic mass is 16.2. The predicted octanol–water partition coefficient (Wildman–Crippen LogP) is 0.991. The Bertz CT molecular complexity index is 513. The van der Waals surface area contributed by atoms with Gasteiger partial charge in [0.1, 0.15) is 5.82 Å².